The molecule has 1 heterocycles. The van der Waals surface area contributed by atoms with Crippen LogP contribution in [0.3, 0.4) is 0 Å². The van der Waals surface area contributed by atoms with Crippen molar-refractivity contribution < 1.29 is 4.42 Å². The third-order valence-electron chi connectivity index (χ3n) is 12.3. The molecule has 11 rings (SSSR count). The smallest absolute Gasteiger partial charge is 0.227 e. The first-order valence-corrected chi connectivity index (χ1v) is 18.9. The Balaban J connectivity index is 1.17. The van der Waals surface area contributed by atoms with Crippen LogP contribution in [-0.4, -0.2) is 4.98 Å². The minimum absolute atomic E-state index is 0.127. The van der Waals surface area contributed by atoms with Gasteiger partial charge in [-0.05, 0) is 104 Å². The van der Waals surface area contributed by atoms with Gasteiger partial charge in [-0.2, -0.15) is 0 Å². The van der Waals surface area contributed by atoms with E-state index in [9.17, 15) is 0 Å². The molecular weight excluding hydrogens is 657 g/mol. The normalized spacial score (nSPS) is 14.6. The van der Waals surface area contributed by atoms with Crippen LogP contribution in [0.25, 0.3) is 66.4 Å². The van der Waals surface area contributed by atoms with Gasteiger partial charge in [-0.3, -0.25) is 0 Å². The predicted molar refractivity (Wildman–Crippen MR) is 224 cm³/mol. The zero-order chi connectivity index (χ0) is 36.3. The van der Waals surface area contributed by atoms with E-state index in [0.29, 0.717) is 5.89 Å². The Morgan fingerprint density at radius 3 is 1.54 bits per heavy atom. The second-order valence-corrected chi connectivity index (χ2v) is 16.0. The lowest BCUT2D eigenvalue weighted by Crippen LogP contribution is -2.18. The molecule has 0 atom stereocenters. The van der Waals surface area contributed by atoms with Crippen LogP contribution in [0.4, 0.5) is 17.1 Å². The van der Waals surface area contributed by atoms with Gasteiger partial charge in [0.15, 0.2) is 5.58 Å². The highest BCUT2D eigenvalue weighted by Gasteiger charge is 2.37. The molecule has 1 aromatic heterocycles. The first-order chi connectivity index (χ1) is 26.3. The molecule has 3 heteroatoms. The van der Waals surface area contributed by atoms with Crippen molar-refractivity contribution in [1.29, 1.82) is 0 Å². The van der Waals surface area contributed by atoms with Crippen molar-refractivity contribution in [3.05, 3.63) is 180 Å². The quantitative estimate of drug-likeness (QED) is 0.172. The number of fused-ring (bicyclic) bond motifs is 12. The summed E-state index contributed by atoms with van der Waals surface area (Å²) >= 11 is 0. The van der Waals surface area contributed by atoms with Crippen LogP contribution in [0.1, 0.15) is 49.9 Å². The summed E-state index contributed by atoms with van der Waals surface area (Å²) in [5.74, 6) is 0.631. The van der Waals surface area contributed by atoms with Crippen LogP contribution >= 0.6 is 0 Å². The summed E-state index contributed by atoms with van der Waals surface area (Å²) in [5, 5.41) is 4.45. The number of oxazole rings is 1. The molecule has 0 bridgehead atoms. The molecule has 0 fully saturated rings. The van der Waals surface area contributed by atoms with E-state index in [-0.39, 0.29) is 10.8 Å². The summed E-state index contributed by atoms with van der Waals surface area (Å²) < 4.78 is 6.63. The second-order valence-electron chi connectivity index (χ2n) is 16.0. The Bertz CT molecular complexity index is 2900. The molecule has 0 unspecified atom stereocenters. The minimum Gasteiger partial charge on any atom is -0.435 e. The van der Waals surface area contributed by atoms with Gasteiger partial charge in [-0.25, -0.2) is 4.98 Å². The number of rotatable bonds is 4. The van der Waals surface area contributed by atoms with E-state index in [2.05, 4.69) is 172 Å². The molecule has 0 N–H and O–H groups in total. The Labute approximate surface area is 315 Å². The maximum absolute atomic E-state index is 6.63. The highest BCUT2D eigenvalue weighted by atomic mass is 16.3. The molecular formula is C51H38N2O. The topological polar surface area (TPSA) is 29.3 Å². The monoisotopic (exact) mass is 694 g/mol. The minimum atomic E-state index is -0.127. The molecule has 0 spiro atoms. The Morgan fingerprint density at radius 2 is 0.907 bits per heavy atom. The zero-order valence-corrected chi connectivity index (χ0v) is 30.8. The standard InChI is InChI=1S/C51H38N2O/c1-50(2)43-20-12-10-17-37(43)39-26-23-33(29-45(39)50)53(34-24-27-40-38-18-11-13-21-44(38)51(3,4)46(40)30-34)32-22-25-36-35-16-8-9-19-41(35)48-47(42(36)28-32)52-49(54-48)31-14-6-5-7-15-31/h5-30H,1-4H3. The van der Waals surface area contributed by atoms with Crippen LogP contribution in [0.15, 0.2) is 162 Å². The number of benzene rings is 8. The molecule has 9 aromatic rings. The van der Waals surface area contributed by atoms with Gasteiger partial charge in [0, 0.05) is 44.2 Å². The fourth-order valence-corrected chi connectivity index (χ4v) is 9.52. The van der Waals surface area contributed by atoms with E-state index in [4.69, 9.17) is 9.40 Å². The first-order valence-electron chi connectivity index (χ1n) is 18.9. The lowest BCUT2D eigenvalue weighted by molar-refractivity contribution is 0.623. The van der Waals surface area contributed by atoms with Gasteiger partial charge >= 0.3 is 0 Å². The number of nitrogens with zero attached hydrogens (tertiary/aromatic N) is 2. The average molecular weight is 695 g/mol. The molecule has 8 aromatic carbocycles. The van der Waals surface area contributed by atoms with Crippen molar-refractivity contribution in [2.45, 2.75) is 38.5 Å². The fraction of sp³-hybridized carbons (Fsp3) is 0.118. The van der Waals surface area contributed by atoms with Gasteiger partial charge in [0.05, 0.1) is 0 Å². The molecule has 258 valence electrons. The van der Waals surface area contributed by atoms with E-state index in [1.165, 1.54) is 44.5 Å². The van der Waals surface area contributed by atoms with Crippen LogP contribution < -0.4 is 4.90 Å². The van der Waals surface area contributed by atoms with E-state index < -0.39 is 0 Å². The van der Waals surface area contributed by atoms with E-state index in [0.717, 1.165) is 55.3 Å². The first kappa shape index (κ1) is 31.1. The van der Waals surface area contributed by atoms with Gasteiger partial charge in [-0.1, -0.05) is 137 Å². The highest BCUT2D eigenvalue weighted by molar-refractivity contribution is 6.23. The summed E-state index contributed by atoms with van der Waals surface area (Å²) in [6.07, 6.45) is 0. The van der Waals surface area contributed by atoms with Crippen molar-refractivity contribution in [3.63, 3.8) is 0 Å². The maximum atomic E-state index is 6.63. The molecule has 0 saturated heterocycles. The van der Waals surface area contributed by atoms with Crippen molar-refractivity contribution in [2.24, 2.45) is 0 Å². The molecule has 2 aliphatic carbocycles. The molecule has 0 radical (unpaired) electrons. The van der Waals surface area contributed by atoms with Gasteiger partial charge in [0.25, 0.3) is 0 Å². The molecule has 3 nitrogen and oxygen atoms in total. The van der Waals surface area contributed by atoms with Crippen LogP contribution in [-0.2, 0) is 10.8 Å². The van der Waals surface area contributed by atoms with Crippen molar-refractivity contribution in [3.8, 4) is 33.7 Å². The molecule has 0 amide bonds. The highest BCUT2D eigenvalue weighted by Crippen LogP contribution is 2.53. The summed E-state index contributed by atoms with van der Waals surface area (Å²) in [6, 6.07) is 57.4. The summed E-state index contributed by atoms with van der Waals surface area (Å²) in [4.78, 5) is 7.64. The van der Waals surface area contributed by atoms with Gasteiger partial charge in [0.2, 0.25) is 5.89 Å². The zero-order valence-electron chi connectivity index (χ0n) is 30.8. The Morgan fingerprint density at radius 1 is 0.426 bits per heavy atom. The fourth-order valence-electron chi connectivity index (χ4n) is 9.52. The third-order valence-corrected chi connectivity index (χ3v) is 12.3. The SMILES string of the molecule is CC1(C)c2ccccc2-c2ccc(N(c3ccc4c(c3)C(C)(C)c3ccccc3-4)c3ccc4c5ccccc5c5oc(-c6ccccc6)nc5c4c3)cc21. The molecule has 0 aliphatic heterocycles. The van der Waals surface area contributed by atoms with Crippen molar-refractivity contribution >= 4 is 49.7 Å². The predicted octanol–water partition coefficient (Wildman–Crippen LogP) is 13.9. The van der Waals surface area contributed by atoms with Gasteiger partial charge in [0.1, 0.15) is 5.52 Å². The van der Waals surface area contributed by atoms with Crippen LogP contribution in [0, 0.1) is 0 Å². The maximum Gasteiger partial charge on any atom is 0.227 e. The van der Waals surface area contributed by atoms with E-state index >= 15 is 0 Å². The molecule has 2 aliphatic rings. The number of hydrogen-bond acceptors (Lipinski definition) is 3. The largest absolute Gasteiger partial charge is 0.435 e. The van der Waals surface area contributed by atoms with Crippen LogP contribution in [0.5, 0.6) is 0 Å². The Kier molecular flexibility index (Phi) is 6.36. The molecule has 54 heavy (non-hydrogen) atoms. The van der Waals surface area contributed by atoms with Gasteiger partial charge in [-0.15, -0.1) is 0 Å². The number of aromatic nitrogens is 1. The number of hydrogen-bond donors (Lipinski definition) is 0. The van der Waals surface area contributed by atoms with E-state index in [1.807, 2.05) is 18.2 Å². The van der Waals surface area contributed by atoms with Crippen molar-refractivity contribution in [1.82, 2.24) is 4.98 Å². The Hall–Kier alpha value is -6.45. The third kappa shape index (κ3) is 4.27. The number of anilines is 3. The lowest BCUT2D eigenvalue weighted by atomic mass is 9.82. The molecule has 0 saturated carbocycles. The van der Waals surface area contributed by atoms with Gasteiger partial charge < -0.3 is 9.32 Å². The van der Waals surface area contributed by atoms with Crippen LogP contribution in [0.2, 0.25) is 0 Å². The summed E-state index contributed by atoms with van der Waals surface area (Å²) in [7, 11) is 0. The van der Waals surface area contributed by atoms with E-state index in [1.54, 1.807) is 0 Å². The average Bonchev–Trinajstić information content (AvgIpc) is 3.83. The second kappa shape index (κ2) is 11.0. The lowest BCUT2D eigenvalue weighted by Gasteiger charge is -2.30. The summed E-state index contributed by atoms with van der Waals surface area (Å²) in [6.45, 7) is 9.42. The van der Waals surface area contributed by atoms with Crippen molar-refractivity contribution in [2.75, 3.05) is 4.90 Å². The summed E-state index contributed by atoms with van der Waals surface area (Å²) in [5.41, 5.74) is 16.5.